The number of ether oxygens (including phenoxy) is 3. The Morgan fingerprint density at radius 3 is 2.48 bits per heavy atom. The van der Waals surface area contributed by atoms with Crippen molar-refractivity contribution < 1.29 is 23.8 Å². The number of ketones is 1. The summed E-state index contributed by atoms with van der Waals surface area (Å²) in [5.74, 6) is -1.62. The van der Waals surface area contributed by atoms with Gasteiger partial charge in [0, 0.05) is 18.2 Å². The highest BCUT2D eigenvalue weighted by molar-refractivity contribution is 6.11. The minimum atomic E-state index is -1.32. The van der Waals surface area contributed by atoms with E-state index < -0.39 is 11.8 Å². The number of rotatable bonds is 7. The molecule has 0 aliphatic heterocycles. The Balaban J connectivity index is 2.35. The normalized spacial score (nSPS) is 19.5. The van der Waals surface area contributed by atoms with Crippen LogP contribution in [0.4, 0.5) is 0 Å². The number of esters is 1. The zero-order valence-electron chi connectivity index (χ0n) is 14.7. The zero-order chi connectivity index (χ0) is 18.4. The van der Waals surface area contributed by atoms with Crippen molar-refractivity contribution in [1.82, 2.24) is 0 Å². The van der Waals surface area contributed by atoms with E-state index in [1.807, 2.05) is 13.0 Å². The Bertz CT molecular complexity index is 730. The van der Waals surface area contributed by atoms with E-state index in [4.69, 9.17) is 14.2 Å². The molecule has 0 radical (unpaired) electrons. The fourth-order valence-electron chi connectivity index (χ4n) is 2.43. The molecule has 0 amide bonds. The van der Waals surface area contributed by atoms with E-state index >= 15 is 0 Å². The van der Waals surface area contributed by atoms with Gasteiger partial charge in [-0.15, -0.1) is 0 Å². The van der Waals surface area contributed by atoms with Crippen LogP contribution in [0.3, 0.4) is 0 Å². The molecule has 1 aromatic rings. The van der Waals surface area contributed by atoms with Crippen LogP contribution in [-0.4, -0.2) is 31.3 Å². The summed E-state index contributed by atoms with van der Waals surface area (Å²) in [5.41, 5.74) is 1.24. The number of hydrogen-bond acceptors (Lipinski definition) is 5. The van der Waals surface area contributed by atoms with Gasteiger partial charge in [0.1, 0.15) is 5.76 Å². The van der Waals surface area contributed by atoms with Crippen molar-refractivity contribution in [1.29, 1.82) is 0 Å². The molecule has 0 aromatic heterocycles. The van der Waals surface area contributed by atoms with Gasteiger partial charge in [0.05, 0.1) is 18.6 Å². The number of benzene rings is 1. The van der Waals surface area contributed by atoms with Gasteiger partial charge in [-0.3, -0.25) is 4.79 Å². The second-order valence-corrected chi connectivity index (χ2v) is 5.66. The number of carbonyl (C=O) groups is 2. The SMILES string of the molecule is C=C(C)C(=O)OC1(OC)C=CC(C(=O)c2ccccc2)=C(OCC)C1. The molecular weight excluding hydrogens is 320 g/mol. The third-order valence-corrected chi connectivity index (χ3v) is 3.77. The quantitative estimate of drug-likeness (QED) is 0.328. The predicted molar refractivity (Wildman–Crippen MR) is 93.8 cm³/mol. The predicted octanol–water partition coefficient (Wildman–Crippen LogP) is 3.58. The van der Waals surface area contributed by atoms with E-state index in [9.17, 15) is 9.59 Å². The van der Waals surface area contributed by atoms with Gasteiger partial charge in [-0.1, -0.05) is 36.9 Å². The molecule has 0 bridgehead atoms. The molecule has 1 aromatic carbocycles. The van der Waals surface area contributed by atoms with Gasteiger partial charge in [0.15, 0.2) is 5.78 Å². The molecule has 0 N–H and O–H groups in total. The summed E-state index contributed by atoms with van der Waals surface area (Å²) >= 11 is 0. The molecule has 0 spiro atoms. The maximum absolute atomic E-state index is 12.8. The van der Waals surface area contributed by atoms with Gasteiger partial charge in [-0.25, -0.2) is 4.79 Å². The molecule has 0 heterocycles. The van der Waals surface area contributed by atoms with Crippen molar-refractivity contribution in [3.63, 3.8) is 0 Å². The Morgan fingerprint density at radius 2 is 1.92 bits per heavy atom. The van der Waals surface area contributed by atoms with Crippen LogP contribution in [-0.2, 0) is 19.0 Å². The van der Waals surface area contributed by atoms with Crippen LogP contribution in [0.5, 0.6) is 0 Å². The summed E-state index contributed by atoms with van der Waals surface area (Å²) < 4.78 is 16.5. The summed E-state index contributed by atoms with van der Waals surface area (Å²) in [4.78, 5) is 24.7. The number of allylic oxidation sites excluding steroid dienone is 2. The summed E-state index contributed by atoms with van der Waals surface area (Å²) in [7, 11) is 1.43. The number of Topliss-reactive ketones (excluding diaryl/α,β-unsaturated/α-hetero) is 1. The van der Waals surface area contributed by atoms with Crippen LogP contribution < -0.4 is 0 Å². The largest absolute Gasteiger partial charge is 0.497 e. The minimum absolute atomic E-state index is 0.112. The fourth-order valence-corrected chi connectivity index (χ4v) is 2.43. The van der Waals surface area contributed by atoms with Gasteiger partial charge in [0.2, 0.25) is 5.79 Å². The summed E-state index contributed by atoms with van der Waals surface area (Å²) in [5, 5.41) is 0. The second kappa shape index (κ2) is 7.94. The molecule has 132 valence electrons. The lowest BCUT2D eigenvalue weighted by molar-refractivity contribution is -0.198. The molecule has 1 aliphatic carbocycles. The lowest BCUT2D eigenvalue weighted by Crippen LogP contribution is -2.38. The molecule has 0 fully saturated rings. The standard InChI is InChI=1S/C20H22O5/c1-5-24-17-13-20(23-4,25-19(22)14(2)3)12-11-16(17)18(21)15-9-7-6-8-10-15/h6-12H,2,5,13H2,1,3-4H3. The van der Waals surface area contributed by atoms with Gasteiger partial charge in [0.25, 0.3) is 0 Å². The maximum Gasteiger partial charge on any atom is 0.335 e. The highest BCUT2D eigenvalue weighted by Gasteiger charge is 2.38. The van der Waals surface area contributed by atoms with E-state index in [1.165, 1.54) is 7.11 Å². The Hall–Kier alpha value is -2.66. The number of methoxy groups -OCH3 is 1. The van der Waals surface area contributed by atoms with E-state index in [0.29, 0.717) is 23.5 Å². The minimum Gasteiger partial charge on any atom is -0.497 e. The average molecular weight is 342 g/mol. The first-order chi connectivity index (χ1) is 11.9. The molecule has 0 saturated carbocycles. The number of hydrogen-bond donors (Lipinski definition) is 0. The third kappa shape index (κ3) is 4.25. The van der Waals surface area contributed by atoms with Crippen molar-refractivity contribution in [2.75, 3.05) is 13.7 Å². The Kier molecular flexibility index (Phi) is 5.93. The highest BCUT2D eigenvalue weighted by Crippen LogP contribution is 2.33. The molecule has 5 heteroatoms. The van der Waals surface area contributed by atoms with E-state index in [-0.39, 0.29) is 17.8 Å². The molecule has 2 rings (SSSR count). The molecular formula is C20H22O5. The number of carbonyl (C=O) groups excluding carboxylic acids is 2. The van der Waals surface area contributed by atoms with Crippen molar-refractivity contribution in [2.45, 2.75) is 26.1 Å². The first-order valence-electron chi connectivity index (χ1n) is 8.01. The average Bonchev–Trinajstić information content (AvgIpc) is 2.62. The van der Waals surface area contributed by atoms with E-state index in [1.54, 1.807) is 43.3 Å². The fraction of sp³-hybridized carbons (Fsp3) is 0.300. The lowest BCUT2D eigenvalue weighted by Gasteiger charge is -2.32. The molecule has 1 atom stereocenters. The van der Waals surface area contributed by atoms with Gasteiger partial charge < -0.3 is 14.2 Å². The monoisotopic (exact) mass is 342 g/mol. The smallest absolute Gasteiger partial charge is 0.335 e. The first kappa shape index (κ1) is 18.7. The molecule has 1 aliphatic rings. The summed E-state index contributed by atoms with van der Waals surface area (Å²) in [6, 6.07) is 8.93. The Labute approximate surface area is 147 Å². The topological polar surface area (TPSA) is 61.8 Å². The molecule has 0 saturated heterocycles. The van der Waals surface area contributed by atoms with Gasteiger partial charge in [-0.05, 0) is 26.0 Å². The van der Waals surface area contributed by atoms with Crippen LogP contribution in [0.25, 0.3) is 0 Å². The molecule has 1 unspecified atom stereocenters. The summed E-state index contributed by atoms with van der Waals surface area (Å²) in [6.07, 6.45) is 3.26. The second-order valence-electron chi connectivity index (χ2n) is 5.66. The molecule has 25 heavy (non-hydrogen) atoms. The van der Waals surface area contributed by atoms with E-state index in [2.05, 4.69) is 6.58 Å². The lowest BCUT2D eigenvalue weighted by atomic mass is 9.93. The maximum atomic E-state index is 12.8. The molecule has 5 nitrogen and oxygen atoms in total. The van der Waals surface area contributed by atoms with Crippen molar-refractivity contribution >= 4 is 11.8 Å². The summed E-state index contributed by atoms with van der Waals surface area (Å²) in [6.45, 7) is 7.33. The van der Waals surface area contributed by atoms with Crippen molar-refractivity contribution in [2.24, 2.45) is 0 Å². The highest BCUT2D eigenvalue weighted by atomic mass is 16.7. The van der Waals surface area contributed by atoms with Gasteiger partial charge in [-0.2, -0.15) is 0 Å². The third-order valence-electron chi connectivity index (χ3n) is 3.77. The zero-order valence-corrected chi connectivity index (χ0v) is 14.7. The Morgan fingerprint density at radius 1 is 1.24 bits per heavy atom. The van der Waals surface area contributed by atoms with Crippen molar-refractivity contribution in [3.8, 4) is 0 Å². The van der Waals surface area contributed by atoms with Crippen LogP contribution in [0.15, 0.2) is 66.0 Å². The van der Waals surface area contributed by atoms with Crippen LogP contribution in [0, 0.1) is 0 Å². The van der Waals surface area contributed by atoms with Gasteiger partial charge >= 0.3 is 5.97 Å². The first-order valence-corrected chi connectivity index (χ1v) is 8.01. The van der Waals surface area contributed by atoms with Crippen LogP contribution in [0.1, 0.15) is 30.6 Å². The van der Waals surface area contributed by atoms with Crippen molar-refractivity contribution in [3.05, 3.63) is 71.5 Å². The van der Waals surface area contributed by atoms with Crippen LogP contribution >= 0.6 is 0 Å². The van der Waals surface area contributed by atoms with Crippen LogP contribution in [0.2, 0.25) is 0 Å². The van der Waals surface area contributed by atoms with E-state index in [0.717, 1.165) is 0 Å².